The molecule has 0 aliphatic heterocycles. The van der Waals surface area contributed by atoms with Gasteiger partial charge in [0.2, 0.25) is 0 Å². The van der Waals surface area contributed by atoms with Crippen molar-refractivity contribution in [2.75, 3.05) is 0 Å². The van der Waals surface area contributed by atoms with Crippen molar-refractivity contribution < 1.29 is 46.4 Å². The van der Waals surface area contributed by atoms with Gasteiger partial charge in [0.25, 0.3) is 0 Å². The second-order valence-corrected chi connectivity index (χ2v) is 9.74. The van der Waals surface area contributed by atoms with Crippen LogP contribution in [0.3, 0.4) is 0 Å². The minimum absolute atomic E-state index is 0. The summed E-state index contributed by atoms with van der Waals surface area (Å²) in [4.78, 5) is 45.3. The molecule has 0 saturated heterocycles. The van der Waals surface area contributed by atoms with Gasteiger partial charge in [0.1, 0.15) is 0 Å². The van der Waals surface area contributed by atoms with E-state index in [4.69, 9.17) is 29.4 Å². The molecule has 0 aromatic carbocycles. The molecule has 0 saturated carbocycles. The van der Waals surface area contributed by atoms with Gasteiger partial charge in [-0.25, -0.2) is 0 Å². The predicted octanol–water partition coefficient (Wildman–Crippen LogP) is 1.84. The van der Waals surface area contributed by atoms with Crippen LogP contribution in [-0.2, 0) is 40.7 Å². The van der Waals surface area contributed by atoms with Crippen molar-refractivity contribution in [1.82, 2.24) is 0 Å². The van der Waals surface area contributed by atoms with Crippen LogP contribution < -0.4 is 0 Å². The molecule has 0 atom stereocenters. The Morgan fingerprint density at radius 3 is 0.950 bits per heavy atom. The van der Waals surface area contributed by atoms with Gasteiger partial charge in [-0.2, -0.15) is 0 Å². The number of hydrogen-bond donors (Lipinski definition) is 6. The van der Waals surface area contributed by atoms with Crippen molar-refractivity contribution in [2.24, 2.45) is 11.8 Å². The quantitative estimate of drug-likeness (QED) is 0.301. The minimum atomic E-state index is -3.81. The monoisotopic (exact) mass is 419 g/mol. The van der Waals surface area contributed by atoms with Crippen molar-refractivity contribution in [1.29, 1.82) is 0 Å². The van der Waals surface area contributed by atoms with Gasteiger partial charge < -0.3 is 29.4 Å². The first-order valence-corrected chi connectivity index (χ1v) is 11.0. The van der Waals surface area contributed by atoms with E-state index in [1.165, 1.54) is 19.3 Å². The van der Waals surface area contributed by atoms with Crippen LogP contribution in [0.25, 0.3) is 0 Å². The zero-order chi connectivity index (χ0) is 16.3. The van der Waals surface area contributed by atoms with E-state index in [1.54, 1.807) is 0 Å². The van der Waals surface area contributed by atoms with Crippen molar-refractivity contribution >= 4 is 37.1 Å². The molecule has 0 rings (SSSR count). The Hall–Kier alpha value is 1.58. The topological polar surface area (TPSA) is 121 Å². The molecular weight excluding hydrogens is 394 g/mol. The molecule has 0 fully saturated rings. The van der Waals surface area contributed by atoms with E-state index >= 15 is 0 Å². The molecule has 11 heteroatoms. The Labute approximate surface area is 142 Å². The SMILES string of the molecule is CC(C)CCCC(C)C.OP(O)(O)=S.OP(O)(O)=S.[Cu]. The van der Waals surface area contributed by atoms with Gasteiger partial charge in [-0.05, 0) is 35.4 Å². The van der Waals surface area contributed by atoms with Crippen LogP contribution in [0.1, 0.15) is 47.0 Å². The molecular formula is C9H26CuO6P2S2. The van der Waals surface area contributed by atoms with E-state index in [0.717, 1.165) is 11.8 Å². The predicted molar refractivity (Wildman–Crippen MR) is 85.4 cm³/mol. The summed E-state index contributed by atoms with van der Waals surface area (Å²) in [5.74, 6) is 1.78. The molecule has 6 nitrogen and oxygen atoms in total. The van der Waals surface area contributed by atoms with E-state index in [0.29, 0.717) is 0 Å². The largest absolute Gasteiger partial charge is 0.325 e. The summed E-state index contributed by atoms with van der Waals surface area (Å²) in [5.41, 5.74) is 0. The average Bonchev–Trinajstić information content (AvgIpc) is 1.94. The van der Waals surface area contributed by atoms with Crippen LogP contribution in [0.4, 0.5) is 0 Å². The van der Waals surface area contributed by atoms with E-state index < -0.39 is 13.4 Å². The van der Waals surface area contributed by atoms with Crippen LogP contribution in [-0.4, -0.2) is 29.4 Å². The molecule has 0 aromatic rings. The standard InChI is InChI=1S/C9H20.Cu.2H3O3PS/c1-8(2)6-5-7-9(3)4;;2*1-4(2,3)5/h8-9H,5-7H2,1-4H3;;2*(H3,1,2,3,5). The summed E-state index contributed by atoms with van der Waals surface area (Å²) in [6, 6.07) is 0. The van der Waals surface area contributed by atoms with Crippen molar-refractivity contribution in [3.63, 3.8) is 0 Å². The molecule has 0 aliphatic rings. The van der Waals surface area contributed by atoms with Gasteiger partial charge in [0, 0.05) is 17.1 Å². The fraction of sp³-hybridized carbons (Fsp3) is 1.00. The first-order valence-electron chi connectivity index (χ1n) is 5.69. The Bertz CT molecular complexity index is 248. The molecule has 0 amide bonds. The summed E-state index contributed by atoms with van der Waals surface area (Å²) in [6.07, 6.45) is 4.21. The summed E-state index contributed by atoms with van der Waals surface area (Å²) in [6.45, 7) is 1.56. The molecule has 0 spiro atoms. The molecule has 0 unspecified atom stereocenters. The van der Waals surface area contributed by atoms with Gasteiger partial charge in [-0.3, -0.25) is 0 Å². The Balaban J connectivity index is -0.000000101. The summed E-state index contributed by atoms with van der Waals surface area (Å²) < 4.78 is 0. The smallest absolute Gasteiger partial charge is 0.319 e. The first kappa shape index (κ1) is 29.6. The number of hydrogen-bond acceptors (Lipinski definition) is 2. The van der Waals surface area contributed by atoms with Gasteiger partial charge in [-0.15, -0.1) is 0 Å². The van der Waals surface area contributed by atoms with Gasteiger partial charge in [0.05, 0.1) is 0 Å². The van der Waals surface area contributed by atoms with Crippen molar-refractivity contribution in [3.8, 4) is 0 Å². The third-order valence-electron chi connectivity index (χ3n) is 1.56. The Morgan fingerprint density at radius 1 is 0.700 bits per heavy atom. The minimum Gasteiger partial charge on any atom is -0.325 e. The summed E-state index contributed by atoms with van der Waals surface area (Å²) in [7, 11) is 0. The maximum absolute atomic E-state index is 7.56. The number of rotatable bonds is 4. The molecule has 131 valence electrons. The molecule has 6 N–H and O–H groups in total. The molecule has 1 radical (unpaired) electrons. The normalized spacial score (nSPS) is 11.0. The zero-order valence-corrected chi connectivity index (χ0v) is 16.3. The van der Waals surface area contributed by atoms with Gasteiger partial charge in [-0.1, -0.05) is 47.0 Å². The average molecular weight is 420 g/mol. The molecule has 0 aromatic heterocycles. The Kier molecular flexibility index (Phi) is 22.9. The van der Waals surface area contributed by atoms with Crippen molar-refractivity contribution in [3.05, 3.63) is 0 Å². The fourth-order valence-electron chi connectivity index (χ4n) is 0.934. The van der Waals surface area contributed by atoms with Gasteiger partial charge in [0.15, 0.2) is 0 Å². The second-order valence-electron chi connectivity index (χ2n) is 4.75. The van der Waals surface area contributed by atoms with Crippen LogP contribution >= 0.6 is 13.4 Å². The maximum atomic E-state index is 7.56. The molecule has 0 heterocycles. The van der Waals surface area contributed by atoms with E-state index in [9.17, 15) is 0 Å². The molecule has 0 bridgehead atoms. The maximum Gasteiger partial charge on any atom is 0.319 e. The third kappa shape index (κ3) is 118. The van der Waals surface area contributed by atoms with E-state index in [2.05, 4.69) is 51.3 Å². The van der Waals surface area contributed by atoms with Crippen LogP contribution in [0.5, 0.6) is 0 Å². The first-order chi connectivity index (χ1) is 8.13. The summed E-state index contributed by atoms with van der Waals surface area (Å²) >= 11 is 7.21. The Morgan fingerprint density at radius 2 is 0.850 bits per heavy atom. The van der Waals surface area contributed by atoms with Crippen LogP contribution in [0.2, 0.25) is 0 Å². The summed E-state index contributed by atoms with van der Waals surface area (Å²) in [5, 5.41) is 0. The molecule has 20 heavy (non-hydrogen) atoms. The van der Waals surface area contributed by atoms with Gasteiger partial charge >= 0.3 is 13.4 Å². The zero-order valence-electron chi connectivity index (χ0n) is 12.0. The second kappa shape index (κ2) is 15.5. The van der Waals surface area contributed by atoms with Crippen LogP contribution in [0, 0.1) is 11.8 Å². The fourth-order valence-corrected chi connectivity index (χ4v) is 0.934. The molecule has 0 aliphatic carbocycles. The van der Waals surface area contributed by atoms with E-state index in [-0.39, 0.29) is 17.1 Å². The third-order valence-corrected chi connectivity index (χ3v) is 1.56. The van der Waals surface area contributed by atoms with Crippen molar-refractivity contribution in [2.45, 2.75) is 47.0 Å². The van der Waals surface area contributed by atoms with Crippen LogP contribution in [0.15, 0.2) is 0 Å². The van der Waals surface area contributed by atoms with E-state index in [1.807, 2.05) is 0 Å².